The quantitative estimate of drug-likeness (QED) is 0.567. The first-order valence-corrected chi connectivity index (χ1v) is 10.3. The summed E-state index contributed by atoms with van der Waals surface area (Å²) in [7, 11) is 0. The Morgan fingerprint density at radius 3 is 2.72 bits per heavy atom. The third kappa shape index (κ3) is 3.40. The summed E-state index contributed by atoms with van der Waals surface area (Å²) >= 11 is 1.88. The molecule has 1 N–H and O–H groups in total. The summed E-state index contributed by atoms with van der Waals surface area (Å²) in [5.41, 5.74) is 2.59. The van der Waals surface area contributed by atoms with Crippen LogP contribution in [0.25, 0.3) is 21.6 Å². The molecule has 1 aliphatic carbocycles. The van der Waals surface area contributed by atoms with Crippen LogP contribution in [0, 0.1) is 0 Å². The molecule has 4 rings (SSSR count). The van der Waals surface area contributed by atoms with Gasteiger partial charge in [0.1, 0.15) is 10.6 Å². The van der Waals surface area contributed by atoms with E-state index >= 15 is 0 Å². The molecule has 1 aromatic carbocycles. The van der Waals surface area contributed by atoms with Gasteiger partial charge in [-0.2, -0.15) is 0 Å². The highest BCUT2D eigenvalue weighted by Gasteiger charge is 2.21. The molecule has 0 saturated heterocycles. The Morgan fingerprint density at radius 1 is 1.04 bits per heavy atom. The Balaban J connectivity index is 1.78. The zero-order valence-electron chi connectivity index (χ0n) is 14.8. The summed E-state index contributed by atoms with van der Waals surface area (Å²) in [6, 6.07) is 10.3. The van der Waals surface area contributed by atoms with Crippen molar-refractivity contribution in [3.8, 4) is 11.4 Å². The molecule has 3 nitrogen and oxygen atoms in total. The molecule has 4 heteroatoms. The molecule has 0 unspecified atom stereocenters. The molecule has 3 aromatic rings. The normalized spacial score (nSPS) is 13.8. The van der Waals surface area contributed by atoms with Gasteiger partial charge in [0, 0.05) is 17.0 Å². The van der Waals surface area contributed by atoms with Gasteiger partial charge in [-0.05, 0) is 37.7 Å². The molecule has 0 radical (unpaired) electrons. The van der Waals surface area contributed by atoms with Crippen molar-refractivity contribution in [3.63, 3.8) is 0 Å². The number of fused-ring (bicyclic) bond motifs is 3. The fraction of sp³-hybridized carbons (Fsp3) is 0.429. The van der Waals surface area contributed by atoms with Crippen LogP contribution >= 0.6 is 11.3 Å². The van der Waals surface area contributed by atoms with E-state index in [1.54, 1.807) is 0 Å². The third-order valence-corrected chi connectivity index (χ3v) is 6.11. The molecule has 0 fully saturated rings. The highest BCUT2D eigenvalue weighted by molar-refractivity contribution is 7.19. The van der Waals surface area contributed by atoms with Gasteiger partial charge in [0.15, 0.2) is 5.82 Å². The van der Waals surface area contributed by atoms with E-state index < -0.39 is 0 Å². The summed E-state index contributed by atoms with van der Waals surface area (Å²) in [5, 5.41) is 4.91. The Hall–Kier alpha value is -1.94. The first-order valence-electron chi connectivity index (χ1n) is 9.48. The lowest BCUT2D eigenvalue weighted by Crippen LogP contribution is -2.07. The molecule has 0 bridgehead atoms. The zero-order valence-corrected chi connectivity index (χ0v) is 15.7. The molecule has 0 spiro atoms. The van der Waals surface area contributed by atoms with Gasteiger partial charge < -0.3 is 5.32 Å². The van der Waals surface area contributed by atoms with Crippen LogP contribution in [0.3, 0.4) is 0 Å². The van der Waals surface area contributed by atoms with Crippen molar-refractivity contribution in [1.29, 1.82) is 0 Å². The first kappa shape index (κ1) is 16.5. The lowest BCUT2D eigenvalue weighted by atomic mass is 9.97. The Morgan fingerprint density at radius 2 is 1.88 bits per heavy atom. The van der Waals surface area contributed by atoms with Gasteiger partial charge in [-0.1, -0.05) is 50.1 Å². The second-order valence-corrected chi connectivity index (χ2v) is 7.87. The van der Waals surface area contributed by atoms with Gasteiger partial charge in [0.25, 0.3) is 0 Å². The van der Waals surface area contributed by atoms with Crippen molar-refractivity contribution in [2.75, 3.05) is 11.9 Å². The van der Waals surface area contributed by atoms with Crippen molar-refractivity contribution < 1.29 is 0 Å². The standard InChI is InChI=1S/C21H25N3S/c1-2-3-9-14-22-20-18-16-12-7-8-13-17(16)25-21(18)24-19(23-20)15-10-5-4-6-11-15/h4-6,10-11H,2-3,7-9,12-14H2,1H3,(H,22,23,24). The molecule has 2 aromatic heterocycles. The van der Waals surface area contributed by atoms with E-state index in [1.807, 2.05) is 17.4 Å². The van der Waals surface area contributed by atoms with E-state index in [1.165, 1.54) is 60.8 Å². The Labute approximate surface area is 153 Å². The predicted octanol–water partition coefficient (Wildman–Crippen LogP) is 5.84. The second-order valence-electron chi connectivity index (χ2n) is 6.79. The zero-order chi connectivity index (χ0) is 17.1. The van der Waals surface area contributed by atoms with Gasteiger partial charge in [0.05, 0.1) is 5.39 Å². The van der Waals surface area contributed by atoms with E-state index in [-0.39, 0.29) is 0 Å². The summed E-state index contributed by atoms with van der Waals surface area (Å²) in [6.45, 7) is 3.23. The maximum absolute atomic E-state index is 4.93. The highest BCUT2D eigenvalue weighted by Crippen LogP contribution is 2.39. The maximum atomic E-state index is 4.93. The number of benzene rings is 1. The van der Waals surface area contributed by atoms with Gasteiger partial charge >= 0.3 is 0 Å². The molecule has 130 valence electrons. The minimum absolute atomic E-state index is 0.838. The van der Waals surface area contributed by atoms with Crippen LogP contribution in [-0.4, -0.2) is 16.5 Å². The number of hydrogen-bond donors (Lipinski definition) is 1. The number of hydrogen-bond acceptors (Lipinski definition) is 4. The topological polar surface area (TPSA) is 37.8 Å². The lowest BCUT2D eigenvalue weighted by molar-refractivity contribution is 0.700. The minimum atomic E-state index is 0.838. The molecule has 25 heavy (non-hydrogen) atoms. The second kappa shape index (κ2) is 7.52. The van der Waals surface area contributed by atoms with Crippen molar-refractivity contribution in [2.24, 2.45) is 0 Å². The minimum Gasteiger partial charge on any atom is -0.369 e. The van der Waals surface area contributed by atoms with Crippen LogP contribution in [0.4, 0.5) is 5.82 Å². The third-order valence-electron chi connectivity index (χ3n) is 4.92. The van der Waals surface area contributed by atoms with E-state index in [9.17, 15) is 0 Å². The van der Waals surface area contributed by atoms with E-state index in [2.05, 4.69) is 36.5 Å². The molecule has 2 heterocycles. The van der Waals surface area contributed by atoms with Crippen LogP contribution < -0.4 is 5.32 Å². The van der Waals surface area contributed by atoms with Crippen molar-refractivity contribution in [1.82, 2.24) is 9.97 Å². The molecule has 0 amide bonds. The van der Waals surface area contributed by atoms with Crippen molar-refractivity contribution in [2.45, 2.75) is 51.9 Å². The number of anilines is 1. The van der Waals surface area contributed by atoms with Crippen LogP contribution in [0.15, 0.2) is 30.3 Å². The van der Waals surface area contributed by atoms with Crippen LogP contribution in [0.2, 0.25) is 0 Å². The smallest absolute Gasteiger partial charge is 0.163 e. The summed E-state index contributed by atoms with van der Waals surface area (Å²) in [4.78, 5) is 12.5. The fourth-order valence-corrected chi connectivity index (χ4v) is 4.84. The Bertz CT molecular complexity index is 854. The lowest BCUT2D eigenvalue weighted by Gasteiger charge is -2.13. The monoisotopic (exact) mass is 351 g/mol. The molecule has 0 aliphatic heterocycles. The van der Waals surface area contributed by atoms with E-state index in [0.717, 1.165) is 28.6 Å². The van der Waals surface area contributed by atoms with Crippen LogP contribution in [0.5, 0.6) is 0 Å². The largest absolute Gasteiger partial charge is 0.369 e. The number of aryl methyl sites for hydroxylation is 2. The Kier molecular flexibility index (Phi) is 4.97. The fourth-order valence-electron chi connectivity index (χ4n) is 3.58. The predicted molar refractivity (Wildman–Crippen MR) is 108 cm³/mol. The SMILES string of the molecule is CCCCCNc1nc(-c2ccccc2)nc2sc3c(c12)CCCC3. The molecule has 0 atom stereocenters. The molecule has 1 aliphatic rings. The summed E-state index contributed by atoms with van der Waals surface area (Å²) in [5.74, 6) is 1.88. The van der Waals surface area contributed by atoms with Gasteiger partial charge in [-0.15, -0.1) is 11.3 Å². The summed E-state index contributed by atoms with van der Waals surface area (Å²) in [6.07, 6.45) is 8.65. The number of nitrogens with one attached hydrogen (secondary N) is 1. The van der Waals surface area contributed by atoms with Crippen LogP contribution in [0.1, 0.15) is 49.5 Å². The van der Waals surface area contributed by atoms with E-state index in [4.69, 9.17) is 9.97 Å². The summed E-state index contributed by atoms with van der Waals surface area (Å²) < 4.78 is 0. The highest BCUT2D eigenvalue weighted by atomic mass is 32.1. The molecular formula is C21H25N3S. The van der Waals surface area contributed by atoms with Gasteiger partial charge in [-0.25, -0.2) is 9.97 Å². The maximum Gasteiger partial charge on any atom is 0.163 e. The average molecular weight is 352 g/mol. The van der Waals surface area contributed by atoms with Crippen LogP contribution in [-0.2, 0) is 12.8 Å². The number of unbranched alkanes of at least 4 members (excludes halogenated alkanes) is 2. The van der Waals surface area contributed by atoms with Gasteiger partial charge in [-0.3, -0.25) is 0 Å². The van der Waals surface area contributed by atoms with Crippen molar-refractivity contribution in [3.05, 3.63) is 40.8 Å². The van der Waals surface area contributed by atoms with Crippen molar-refractivity contribution >= 4 is 27.4 Å². The first-order chi connectivity index (χ1) is 12.4. The number of aromatic nitrogens is 2. The average Bonchev–Trinajstić information content (AvgIpc) is 3.04. The number of nitrogens with zero attached hydrogens (tertiary/aromatic N) is 2. The molecule has 0 saturated carbocycles. The number of rotatable bonds is 6. The number of thiophene rings is 1. The van der Waals surface area contributed by atoms with E-state index in [0.29, 0.717) is 0 Å². The van der Waals surface area contributed by atoms with Gasteiger partial charge in [0.2, 0.25) is 0 Å². The molecular weight excluding hydrogens is 326 g/mol.